The van der Waals surface area contributed by atoms with Gasteiger partial charge in [-0.25, -0.2) is 4.98 Å². The van der Waals surface area contributed by atoms with Crippen LogP contribution in [-0.4, -0.2) is 9.55 Å². The highest BCUT2D eigenvalue weighted by Gasteiger charge is 2.24. The number of imidazole rings is 1. The minimum Gasteiger partial charge on any atom is -0.322 e. The summed E-state index contributed by atoms with van der Waals surface area (Å²) in [5.74, 6) is 1.09. The van der Waals surface area contributed by atoms with Crippen molar-refractivity contribution in [2.45, 2.75) is 37.5 Å². The van der Waals surface area contributed by atoms with Crippen LogP contribution in [0.15, 0.2) is 102 Å². The SMILES string of the molecule is Cc1cc(C)c(Cn2c(C(Sc3ccccc3)c3ccccc3)nc3ccccc32)c(C)c1. The van der Waals surface area contributed by atoms with Gasteiger partial charge in [-0.1, -0.05) is 78.4 Å². The first-order chi connectivity index (χ1) is 16.1. The Kier molecular flexibility index (Phi) is 6.06. The maximum Gasteiger partial charge on any atom is 0.128 e. The van der Waals surface area contributed by atoms with Crippen molar-refractivity contribution >= 4 is 22.8 Å². The first-order valence-electron chi connectivity index (χ1n) is 11.4. The topological polar surface area (TPSA) is 17.8 Å². The van der Waals surface area contributed by atoms with E-state index in [1.807, 2.05) is 11.8 Å². The zero-order valence-corrected chi connectivity index (χ0v) is 20.1. The Morgan fingerprint density at radius 3 is 2.06 bits per heavy atom. The number of fused-ring (bicyclic) bond motifs is 1. The van der Waals surface area contributed by atoms with Gasteiger partial charge in [0.25, 0.3) is 0 Å². The van der Waals surface area contributed by atoms with Crippen LogP contribution in [0, 0.1) is 20.8 Å². The summed E-state index contributed by atoms with van der Waals surface area (Å²) in [4.78, 5) is 6.44. The fourth-order valence-electron chi connectivity index (χ4n) is 4.61. The molecule has 0 aliphatic heterocycles. The van der Waals surface area contributed by atoms with Crippen molar-refractivity contribution in [1.82, 2.24) is 9.55 Å². The maximum absolute atomic E-state index is 5.20. The van der Waals surface area contributed by atoms with Crippen molar-refractivity contribution < 1.29 is 0 Å². The Labute approximate surface area is 200 Å². The molecule has 4 aromatic carbocycles. The second-order valence-electron chi connectivity index (χ2n) is 8.64. The van der Waals surface area contributed by atoms with E-state index in [1.54, 1.807) is 0 Å². The molecule has 0 saturated heterocycles. The van der Waals surface area contributed by atoms with Crippen LogP contribution in [0.5, 0.6) is 0 Å². The van der Waals surface area contributed by atoms with Crippen LogP contribution in [0.4, 0.5) is 0 Å². The van der Waals surface area contributed by atoms with Gasteiger partial charge in [-0.2, -0.15) is 0 Å². The molecule has 0 N–H and O–H groups in total. The van der Waals surface area contributed by atoms with Gasteiger partial charge < -0.3 is 4.57 Å². The second kappa shape index (κ2) is 9.29. The number of aryl methyl sites for hydroxylation is 3. The first-order valence-corrected chi connectivity index (χ1v) is 12.3. The zero-order valence-electron chi connectivity index (χ0n) is 19.3. The second-order valence-corrected chi connectivity index (χ2v) is 9.82. The van der Waals surface area contributed by atoms with Gasteiger partial charge in [0.2, 0.25) is 0 Å². The quantitative estimate of drug-likeness (QED) is 0.246. The Morgan fingerprint density at radius 2 is 1.36 bits per heavy atom. The van der Waals surface area contributed by atoms with Gasteiger partial charge in [0.15, 0.2) is 0 Å². The molecule has 0 aliphatic rings. The van der Waals surface area contributed by atoms with Crippen LogP contribution >= 0.6 is 11.8 Å². The lowest BCUT2D eigenvalue weighted by Gasteiger charge is -2.21. The number of benzene rings is 4. The van der Waals surface area contributed by atoms with E-state index >= 15 is 0 Å². The molecule has 1 heterocycles. The van der Waals surface area contributed by atoms with Crippen LogP contribution in [0.25, 0.3) is 11.0 Å². The number of hydrogen-bond donors (Lipinski definition) is 0. The number of nitrogens with zero attached hydrogens (tertiary/aromatic N) is 2. The van der Waals surface area contributed by atoms with Crippen LogP contribution in [0.3, 0.4) is 0 Å². The van der Waals surface area contributed by atoms with Gasteiger partial charge in [-0.15, -0.1) is 11.8 Å². The Balaban J connectivity index is 1.69. The maximum atomic E-state index is 5.20. The predicted molar refractivity (Wildman–Crippen MR) is 140 cm³/mol. The molecular formula is C30H28N2S. The van der Waals surface area contributed by atoms with Crippen LogP contribution in [0.1, 0.15) is 38.9 Å². The highest BCUT2D eigenvalue weighted by Crippen LogP contribution is 2.41. The molecule has 0 radical (unpaired) electrons. The molecule has 0 amide bonds. The van der Waals surface area contributed by atoms with E-state index in [-0.39, 0.29) is 5.25 Å². The Hall–Kier alpha value is -3.30. The monoisotopic (exact) mass is 448 g/mol. The minimum absolute atomic E-state index is 0.0899. The van der Waals surface area contributed by atoms with Crippen LogP contribution < -0.4 is 0 Å². The lowest BCUT2D eigenvalue weighted by Crippen LogP contribution is -2.11. The lowest BCUT2D eigenvalue weighted by molar-refractivity contribution is 0.749. The van der Waals surface area contributed by atoms with Crippen molar-refractivity contribution in [3.8, 4) is 0 Å². The fraction of sp³-hybridized carbons (Fsp3) is 0.167. The van der Waals surface area contributed by atoms with E-state index in [1.165, 1.54) is 38.2 Å². The molecule has 2 nitrogen and oxygen atoms in total. The van der Waals surface area contributed by atoms with E-state index in [2.05, 4.69) is 122 Å². The lowest BCUT2D eigenvalue weighted by atomic mass is 9.99. The summed E-state index contributed by atoms with van der Waals surface area (Å²) in [7, 11) is 0. The molecule has 3 heteroatoms. The minimum atomic E-state index is 0.0899. The summed E-state index contributed by atoms with van der Waals surface area (Å²) in [6.45, 7) is 7.43. The molecule has 1 aromatic heterocycles. The fourth-order valence-corrected chi connectivity index (χ4v) is 5.78. The summed E-state index contributed by atoms with van der Waals surface area (Å²) in [6.07, 6.45) is 0. The van der Waals surface area contributed by atoms with Gasteiger partial charge in [0, 0.05) is 11.4 Å². The average Bonchev–Trinajstić information content (AvgIpc) is 3.19. The van der Waals surface area contributed by atoms with Crippen molar-refractivity contribution in [2.24, 2.45) is 0 Å². The van der Waals surface area contributed by atoms with E-state index < -0.39 is 0 Å². The Morgan fingerprint density at radius 1 is 0.758 bits per heavy atom. The highest BCUT2D eigenvalue weighted by molar-refractivity contribution is 7.99. The normalized spacial score (nSPS) is 12.2. The van der Waals surface area contributed by atoms with Crippen molar-refractivity contribution in [3.63, 3.8) is 0 Å². The molecule has 5 rings (SSSR count). The predicted octanol–water partition coefficient (Wildman–Crippen LogP) is 7.89. The highest BCUT2D eigenvalue weighted by atomic mass is 32.2. The molecular weight excluding hydrogens is 420 g/mol. The molecule has 1 atom stereocenters. The average molecular weight is 449 g/mol. The van der Waals surface area contributed by atoms with E-state index in [9.17, 15) is 0 Å². The molecule has 0 fully saturated rings. The van der Waals surface area contributed by atoms with Crippen molar-refractivity contribution in [3.05, 3.63) is 131 Å². The smallest absolute Gasteiger partial charge is 0.128 e. The molecule has 0 saturated carbocycles. The number of rotatable bonds is 6. The standard InChI is InChI=1S/C30H28N2S/c1-21-18-22(2)26(23(3)19-21)20-32-28-17-11-10-16-27(28)31-30(32)29(24-12-6-4-7-13-24)33-25-14-8-5-9-15-25/h4-19,29H,20H2,1-3H3. The first kappa shape index (κ1) is 21.5. The molecule has 5 aromatic rings. The van der Waals surface area contributed by atoms with E-state index in [4.69, 9.17) is 4.98 Å². The van der Waals surface area contributed by atoms with Crippen LogP contribution in [-0.2, 0) is 6.54 Å². The largest absolute Gasteiger partial charge is 0.322 e. The third-order valence-corrected chi connectivity index (χ3v) is 7.44. The molecule has 0 spiro atoms. The van der Waals surface area contributed by atoms with Gasteiger partial charge in [-0.05, 0) is 67.3 Å². The third kappa shape index (κ3) is 4.46. The van der Waals surface area contributed by atoms with Crippen molar-refractivity contribution in [1.29, 1.82) is 0 Å². The number of thioether (sulfide) groups is 1. The van der Waals surface area contributed by atoms with E-state index in [0.29, 0.717) is 0 Å². The van der Waals surface area contributed by atoms with Crippen molar-refractivity contribution in [2.75, 3.05) is 0 Å². The third-order valence-electron chi connectivity index (χ3n) is 6.17. The molecule has 0 bridgehead atoms. The molecule has 1 unspecified atom stereocenters. The summed E-state index contributed by atoms with van der Waals surface area (Å²) in [5, 5.41) is 0.0899. The van der Waals surface area contributed by atoms with Gasteiger partial charge >= 0.3 is 0 Å². The van der Waals surface area contributed by atoms with Crippen LogP contribution in [0.2, 0.25) is 0 Å². The van der Waals surface area contributed by atoms with Gasteiger partial charge in [-0.3, -0.25) is 0 Å². The number of hydrogen-bond acceptors (Lipinski definition) is 2. The van der Waals surface area contributed by atoms with Gasteiger partial charge in [0.05, 0.1) is 16.3 Å². The Bertz CT molecular complexity index is 1360. The van der Waals surface area contributed by atoms with Gasteiger partial charge in [0.1, 0.15) is 5.82 Å². The molecule has 33 heavy (non-hydrogen) atoms. The zero-order chi connectivity index (χ0) is 22.8. The summed E-state index contributed by atoms with van der Waals surface area (Å²) in [5.41, 5.74) is 8.85. The van der Waals surface area contributed by atoms with E-state index in [0.717, 1.165) is 17.9 Å². The summed E-state index contributed by atoms with van der Waals surface area (Å²) in [6, 6.07) is 34.5. The number of para-hydroxylation sites is 2. The molecule has 0 aliphatic carbocycles. The summed E-state index contributed by atoms with van der Waals surface area (Å²) >= 11 is 1.86. The number of aromatic nitrogens is 2. The molecule has 164 valence electrons. The summed E-state index contributed by atoms with van der Waals surface area (Å²) < 4.78 is 2.42.